The summed E-state index contributed by atoms with van der Waals surface area (Å²) in [6, 6.07) is 9.22. The number of ether oxygens (including phenoxy) is 3. The summed E-state index contributed by atoms with van der Waals surface area (Å²) in [6.07, 6.45) is 1.25. The summed E-state index contributed by atoms with van der Waals surface area (Å²) >= 11 is 0. The van der Waals surface area contributed by atoms with Gasteiger partial charge in [-0.2, -0.15) is 0 Å². The van der Waals surface area contributed by atoms with E-state index in [4.69, 9.17) is 14.2 Å². The van der Waals surface area contributed by atoms with Gasteiger partial charge in [0.25, 0.3) is 0 Å². The molecule has 0 aromatic heterocycles. The zero-order valence-corrected chi connectivity index (χ0v) is 14.2. The van der Waals surface area contributed by atoms with Gasteiger partial charge in [0.1, 0.15) is 24.6 Å². The average Bonchev–Trinajstić information content (AvgIpc) is 2.91. The minimum Gasteiger partial charge on any atom is -0.495 e. The van der Waals surface area contributed by atoms with Gasteiger partial charge in [-0.05, 0) is 26.3 Å². The molecule has 1 aromatic rings. The lowest BCUT2D eigenvalue weighted by Crippen LogP contribution is -2.39. The van der Waals surface area contributed by atoms with Crippen molar-refractivity contribution in [2.24, 2.45) is 0 Å². The quantitative estimate of drug-likeness (QED) is 0.677. The van der Waals surface area contributed by atoms with Crippen LogP contribution in [0.2, 0.25) is 0 Å². The molecule has 0 aliphatic carbocycles. The van der Waals surface area contributed by atoms with Crippen LogP contribution < -0.4 is 5.32 Å². The molecule has 130 valence electrons. The lowest BCUT2D eigenvalue weighted by atomic mass is 10.2. The van der Waals surface area contributed by atoms with E-state index in [1.807, 2.05) is 30.3 Å². The van der Waals surface area contributed by atoms with Crippen molar-refractivity contribution in [2.75, 3.05) is 6.61 Å². The van der Waals surface area contributed by atoms with Crippen molar-refractivity contribution in [3.8, 4) is 0 Å². The SMILES string of the molecule is CC(C)(C)OC(=O)N[C@@H]1CO/C(=C\C(=O)OCc2ccccc2)C1. The van der Waals surface area contributed by atoms with E-state index in [1.165, 1.54) is 6.08 Å². The first kappa shape index (κ1) is 17.8. The number of esters is 1. The minimum absolute atomic E-state index is 0.211. The zero-order valence-electron chi connectivity index (χ0n) is 14.2. The van der Waals surface area contributed by atoms with Crippen LogP contribution in [0.3, 0.4) is 0 Å². The van der Waals surface area contributed by atoms with E-state index in [9.17, 15) is 9.59 Å². The van der Waals surface area contributed by atoms with Gasteiger partial charge in [-0.3, -0.25) is 0 Å². The summed E-state index contributed by atoms with van der Waals surface area (Å²) in [4.78, 5) is 23.5. The fourth-order valence-electron chi connectivity index (χ4n) is 2.14. The van der Waals surface area contributed by atoms with Gasteiger partial charge in [-0.25, -0.2) is 9.59 Å². The van der Waals surface area contributed by atoms with Crippen LogP contribution in [0.15, 0.2) is 42.2 Å². The maximum atomic E-state index is 11.8. The predicted octanol–water partition coefficient (Wildman–Crippen LogP) is 2.93. The number of carbonyl (C=O) groups is 2. The first-order valence-electron chi connectivity index (χ1n) is 7.85. The van der Waals surface area contributed by atoms with E-state index in [2.05, 4.69) is 5.32 Å². The summed E-state index contributed by atoms with van der Waals surface area (Å²) in [6.45, 7) is 5.91. The molecule has 0 bridgehead atoms. The summed E-state index contributed by atoms with van der Waals surface area (Å²) in [5.74, 6) is 0.0286. The molecule has 0 saturated carbocycles. The zero-order chi connectivity index (χ0) is 17.6. The monoisotopic (exact) mass is 333 g/mol. The number of amides is 1. The van der Waals surface area contributed by atoms with Crippen molar-refractivity contribution in [1.82, 2.24) is 5.32 Å². The van der Waals surface area contributed by atoms with E-state index in [-0.39, 0.29) is 12.6 Å². The lowest BCUT2D eigenvalue weighted by Gasteiger charge is -2.20. The van der Waals surface area contributed by atoms with Gasteiger partial charge in [-0.15, -0.1) is 0 Å². The Morgan fingerprint density at radius 1 is 1.29 bits per heavy atom. The van der Waals surface area contributed by atoms with Gasteiger partial charge < -0.3 is 19.5 Å². The largest absolute Gasteiger partial charge is 0.495 e. The van der Waals surface area contributed by atoms with E-state index in [0.717, 1.165) is 5.56 Å². The molecule has 1 aromatic carbocycles. The molecule has 24 heavy (non-hydrogen) atoms. The number of carbonyl (C=O) groups excluding carboxylic acids is 2. The van der Waals surface area contributed by atoms with Crippen LogP contribution >= 0.6 is 0 Å². The topological polar surface area (TPSA) is 73.9 Å². The maximum absolute atomic E-state index is 11.8. The van der Waals surface area contributed by atoms with Gasteiger partial charge in [0.05, 0.1) is 12.1 Å². The average molecular weight is 333 g/mol. The van der Waals surface area contributed by atoms with E-state index in [0.29, 0.717) is 18.8 Å². The Labute approximate surface area is 141 Å². The highest BCUT2D eigenvalue weighted by molar-refractivity contribution is 5.82. The number of hydrogen-bond acceptors (Lipinski definition) is 5. The molecule has 1 aliphatic rings. The lowest BCUT2D eigenvalue weighted by molar-refractivity contribution is -0.139. The summed E-state index contributed by atoms with van der Waals surface area (Å²) in [5, 5.41) is 2.72. The van der Waals surface area contributed by atoms with Gasteiger partial charge >= 0.3 is 12.1 Å². The molecule has 1 N–H and O–H groups in total. The fraction of sp³-hybridized carbons (Fsp3) is 0.444. The Morgan fingerprint density at radius 3 is 2.67 bits per heavy atom. The van der Waals surface area contributed by atoms with Crippen molar-refractivity contribution in [3.05, 3.63) is 47.7 Å². The summed E-state index contributed by atoms with van der Waals surface area (Å²) in [7, 11) is 0. The minimum atomic E-state index is -0.552. The molecule has 6 nitrogen and oxygen atoms in total. The van der Waals surface area contributed by atoms with Crippen LogP contribution in [-0.4, -0.2) is 30.3 Å². The molecule has 1 saturated heterocycles. The Hall–Kier alpha value is -2.50. The maximum Gasteiger partial charge on any atom is 0.408 e. The molecule has 1 amide bonds. The number of alkyl carbamates (subject to hydrolysis) is 1. The summed E-state index contributed by atoms with van der Waals surface area (Å²) < 4.78 is 15.8. The Morgan fingerprint density at radius 2 is 2.00 bits per heavy atom. The normalized spacial score (nSPS) is 18.8. The molecular weight excluding hydrogens is 310 g/mol. The highest BCUT2D eigenvalue weighted by Crippen LogP contribution is 2.18. The van der Waals surface area contributed by atoms with Crippen LogP contribution in [0.25, 0.3) is 0 Å². The van der Waals surface area contributed by atoms with Crippen molar-refractivity contribution in [3.63, 3.8) is 0 Å². The van der Waals surface area contributed by atoms with Gasteiger partial charge in [-0.1, -0.05) is 30.3 Å². The number of benzene rings is 1. The molecular formula is C18H23NO5. The van der Waals surface area contributed by atoms with Crippen LogP contribution in [0.4, 0.5) is 4.79 Å². The smallest absolute Gasteiger partial charge is 0.408 e. The Balaban J connectivity index is 1.76. The Bertz CT molecular complexity index is 604. The molecule has 1 heterocycles. The molecule has 1 atom stereocenters. The highest BCUT2D eigenvalue weighted by atomic mass is 16.6. The van der Waals surface area contributed by atoms with Crippen molar-refractivity contribution >= 4 is 12.1 Å². The number of rotatable bonds is 4. The van der Waals surface area contributed by atoms with Crippen LogP contribution in [-0.2, 0) is 25.6 Å². The number of hydrogen-bond donors (Lipinski definition) is 1. The van der Waals surface area contributed by atoms with Crippen LogP contribution in [0.1, 0.15) is 32.8 Å². The standard InChI is InChI=1S/C18H23NO5/c1-18(2,3)24-17(21)19-14-9-15(22-12-14)10-16(20)23-11-13-7-5-4-6-8-13/h4-8,10,14H,9,11-12H2,1-3H3,(H,19,21)/b15-10-/t14-/m0/s1. The molecule has 0 spiro atoms. The van der Waals surface area contributed by atoms with Gasteiger partial charge in [0.15, 0.2) is 0 Å². The Kier molecular flexibility index (Phi) is 5.84. The third kappa shape index (κ3) is 6.32. The third-order valence-electron chi connectivity index (χ3n) is 3.14. The highest BCUT2D eigenvalue weighted by Gasteiger charge is 2.26. The molecule has 0 unspecified atom stereocenters. The van der Waals surface area contributed by atoms with Gasteiger partial charge in [0, 0.05) is 6.42 Å². The third-order valence-corrected chi connectivity index (χ3v) is 3.14. The van der Waals surface area contributed by atoms with Crippen molar-refractivity contribution in [1.29, 1.82) is 0 Å². The second-order valence-corrected chi connectivity index (χ2v) is 6.56. The number of nitrogens with one attached hydrogen (secondary N) is 1. The van der Waals surface area contributed by atoms with E-state index < -0.39 is 17.7 Å². The first-order chi connectivity index (χ1) is 11.3. The first-order valence-corrected chi connectivity index (χ1v) is 7.85. The second kappa shape index (κ2) is 7.86. The molecule has 1 aliphatic heterocycles. The second-order valence-electron chi connectivity index (χ2n) is 6.56. The van der Waals surface area contributed by atoms with Crippen LogP contribution in [0.5, 0.6) is 0 Å². The molecule has 6 heteroatoms. The van der Waals surface area contributed by atoms with Crippen molar-refractivity contribution < 1.29 is 23.8 Å². The molecule has 2 rings (SSSR count). The molecule has 0 radical (unpaired) electrons. The van der Waals surface area contributed by atoms with E-state index >= 15 is 0 Å². The van der Waals surface area contributed by atoms with Gasteiger partial charge in [0.2, 0.25) is 0 Å². The fourth-order valence-corrected chi connectivity index (χ4v) is 2.14. The summed E-state index contributed by atoms with van der Waals surface area (Å²) in [5.41, 5.74) is 0.366. The van der Waals surface area contributed by atoms with Crippen LogP contribution in [0, 0.1) is 0 Å². The van der Waals surface area contributed by atoms with E-state index in [1.54, 1.807) is 20.8 Å². The predicted molar refractivity (Wildman–Crippen MR) is 88.0 cm³/mol. The molecule has 1 fully saturated rings. The van der Waals surface area contributed by atoms with Crippen molar-refractivity contribution in [2.45, 2.75) is 45.4 Å².